The summed E-state index contributed by atoms with van der Waals surface area (Å²) < 4.78 is 17.8. The minimum Gasteiger partial charge on any atom is -0.379 e. The zero-order valence-electron chi connectivity index (χ0n) is 9.16. The number of morpholine rings is 1. The van der Waals surface area contributed by atoms with E-state index in [0.29, 0.717) is 0 Å². The SMILES string of the molecule is Fc1ccc(NCCN2CCOCC2)nc1. The van der Waals surface area contributed by atoms with Crippen molar-refractivity contribution >= 4 is 5.82 Å². The van der Waals surface area contributed by atoms with Crippen LogP contribution >= 0.6 is 0 Å². The highest BCUT2D eigenvalue weighted by Gasteiger charge is 2.08. The predicted molar refractivity (Wildman–Crippen MR) is 59.9 cm³/mol. The molecule has 16 heavy (non-hydrogen) atoms. The molecule has 1 aliphatic rings. The lowest BCUT2D eigenvalue weighted by molar-refractivity contribution is 0.0398. The lowest BCUT2D eigenvalue weighted by Crippen LogP contribution is -2.39. The van der Waals surface area contributed by atoms with Gasteiger partial charge in [-0.15, -0.1) is 0 Å². The molecule has 0 amide bonds. The van der Waals surface area contributed by atoms with Crippen LogP contribution in [0.25, 0.3) is 0 Å². The van der Waals surface area contributed by atoms with E-state index in [1.807, 2.05) is 0 Å². The Morgan fingerprint density at radius 3 is 2.88 bits per heavy atom. The second kappa shape index (κ2) is 5.77. The maximum Gasteiger partial charge on any atom is 0.141 e. The molecule has 0 radical (unpaired) electrons. The maximum absolute atomic E-state index is 12.6. The first kappa shape index (κ1) is 11.3. The number of aromatic nitrogens is 1. The third-order valence-electron chi connectivity index (χ3n) is 2.57. The van der Waals surface area contributed by atoms with Crippen molar-refractivity contribution in [2.24, 2.45) is 0 Å². The van der Waals surface area contributed by atoms with Crippen LogP contribution in [0.3, 0.4) is 0 Å². The molecule has 0 saturated carbocycles. The molecule has 0 bridgehead atoms. The van der Waals surface area contributed by atoms with Crippen LogP contribution in [0.5, 0.6) is 0 Å². The molecule has 2 rings (SSSR count). The fourth-order valence-corrected chi connectivity index (χ4v) is 1.65. The number of rotatable bonds is 4. The van der Waals surface area contributed by atoms with Crippen LogP contribution in [0, 0.1) is 5.82 Å². The summed E-state index contributed by atoms with van der Waals surface area (Å²) in [5.41, 5.74) is 0. The van der Waals surface area contributed by atoms with Gasteiger partial charge in [-0.25, -0.2) is 9.37 Å². The lowest BCUT2D eigenvalue weighted by Gasteiger charge is -2.26. The van der Waals surface area contributed by atoms with Gasteiger partial charge in [0.2, 0.25) is 0 Å². The van der Waals surface area contributed by atoms with Crippen molar-refractivity contribution in [3.05, 3.63) is 24.1 Å². The van der Waals surface area contributed by atoms with E-state index in [4.69, 9.17) is 4.74 Å². The second-order valence-electron chi connectivity index (χ2n) is 3.74. The van der Waals surface area contributed by atoms with Crippen molar-refractivity contribution in [1.29, 1.82) is 0 Å². The van der Waals surface area contributed by atoms with Crippen LogP contribution < -0.4 is 5.32 Å². The van der Waals surface area contributed by atoms with E-state index < -0.39 is 0 Å². The first-order valence-electron chi connectivity index (χ1n) is 5.50. The topological polar surface area (TPSA) is 37.4 Å². The third kappa shape index (κ3) is 3.43. The Morgan fingerprint density at radius 1 is 1.38 bits per heavy atom. The Morgan fingerprint density at radius 2 is 2.19 bits per heavy atom. The third-order valence-corrected chi connectivity index (χ3v) is 2.57. The van der Waals surface area contributed by atoms with Crippen molar-refractivity contribution in [2.45, 2.75) is 0 Å². The minimum atomic E-state index is -0.307. The molecule has 0 atom stereocenters. The van der Waals surface area contributed by atoms with Gasteiger partial charge in [0, 0.05) is 26.2 Å². The average Bonchev–Trinajstić information content (AvgIpc) is 2.33. The molecule has 2 heterocycles. The molecule has 0 aromatic carbocycles. The highest BCUT2D eigenvalue weighted by molar-refractivity contribution is 5.33. The summed E-state index contributed by atoms with van der Waals surface area (Å²) >= 11 is 0. The van der Waals surface area contributed by atoms with Gasteiger partial charge in [0.05, 0.1) is 19.4 Å². The van der Waals surface area contributed by atoms with Gasteiger partial charge in [0.15, 0.2) is 0 Å². The van der Waals surface area contributed by atoms with Gasteiger partial charge >= 0.3 is 0 Å². The summed E-state index contributed by atoms with van der Waals surface area (Å²) in [5.74, 6) is 0.411. The van der Waals surface area contributed by atoms with Crippen molar-refractivity contribution in [2.75, 3.05) is 44.7 Å². The molecule has 0 aliphatic carbocycles. The van der Waals surface area contributed by atoms with Gasteiger partial charge in [-0.2, -0.15) is 0 Å². The summed E-state index contributed by atoms with van der Waals surface area (Å²) in [6.45, 7) is 5.38. The molecule has 4 nitrogen and oxygen atoms in total. The molecule has 0 spiro atoms. The van der Waals surface area contributed by atoms with E-state index in [9.17, 15) is 4.39 Å². The van der Waals surface area contributed by atoms with E-state index in [2.05, 4.69) is 15.2 Å². The molecular formula is C11H16FN3O. The van der Waals surface area contributed by atoms with E-state index in [1.54, 1.807) is 6.07 Å². The summed E-state index contributed by atoms with van der Waals surface area (Å²) in [6, 6.07) is 3.05. The largest absolute Gasteiger partial charge is 0.379 e. The summed E-state index contributed by atoms with van der Waals surface area (Å²) in [7, 11) is 0. The summed E-state index contributed by atoms with van der Waals surface area (Å²) in [5, 5.41) is 3.16. The lowest BCUT2D eigenvalue weighted by atomic mass is 10.4. The maximum atomic E-state index is 12.6. The van der Waals surface area contributed by atoms with Gasteiger partial charge in [0.1, 0.15) is 11.6 Å². The average molecular weight is 225 g/mol. The molecule has 1 aromatic rings. The molecule has 5 heteroatoms. The number of pyridine rings is 1. The molecule has 0 unspecified atom stereocenters. The van der Waals surface area contributed by atoms with Gasteiger partial charge in [-0.05, 0) is 12.1 Å². The van der Waals surface area contributed by atoms with Crippen molar-refractivity contribution < 1.29 is 9.13 Å². The monoisotopic (exact) mass is 225 g/mol. The number of hydrogen-bond donors (Lipinski definition) is 1. The fraction of sp³-hybridized carbons (Fsp3) is 0.545. The molecule has 1 aliphatic heterocycles. The van der Waals surface area contributed by atoms with Gasteiger partial charge in [-0.1, -0.05) is 0 Å². The van der Waals surface area contributed by atoms with E-state index in [0.717, 1.165) is 45.2 Å². The number of halogens is 1. The highest BCUT2D eigenvalue weighted by atomic mass is 19.1. The zero-order valence-corrected chi connectivity index (χ0v) is 9.16. The summed E-state index contributed by atoms with van der Waals surface area (Å²) in [6.07, 6.45) is 1.22. The predicted octanol–water partition coefficient (Wildman–Crippen LogP) is 0.965. The molecule has 1 N–H and O–H groups in total. The second-order valence-corrected chi connectivity index (χ2v) is 3.74. The Balaban J connectivity index is 1.69. The van der Waals surface area contributed by atoms with Crippen molar-refractivity contribution in [1.82, 2.24) is 9.88 Å². The standard InChI is InChI=1S/C11H16FN3O/c12-10-1-2-11(14-9-10)13-3-4-15-5-7-16-8-6-15/h1-2,9H,3-8H2,(H,13,14). The smallest absolute Gasteiger partial charge is 0.141 e. The molecule has 1 aromatic heterocycles. The quantitative estimate of drug-likeness (QED) is 0.828. The van der Waals surface area contributed by atoms with Crippen LogP contribution in [0.15, 0.2) is 18.3 Å². The summed E-state index contributed by atoms with van der Waals surface area (Å²) in [4.78, 5) is 6.26. The fourth-order valence-electron chi connectivity index (χ4n) is 1.65. The first-order chi connectivity index (χ1) is 7.84. The first-order valence-corrected chi connectivity index (χ1v) is 5.50. The molecule has 1 fully saturated rings. The zero-order chi connectivity index (χ0) is 11.2. The van der Waals surface area contributed by atoms with Crippen molar-refractivity contribution in [3.8, 4) is 0 Å². The number of ether oxygens (including phenoxy) is 1. The number of hydrogen-bond acceptors (Lipinski definition) is 4. The minimum absolute atomic E-state index is 0.307. The molecule has 88 valence electrons. The highest BCUT2D eigenvalue weighted by Crippen LogP contribution is 2.03. The molecule has 1 saturated heterocycles. The van der Waals surface area contributed by atoms with Crippen LogP contribution in [-0.4, -0.2) is 49.3 Å². The molecular weight excluding hydrogens is 209 g/mol. The Kier molecular flexibility index (Phi) is 4.07. The number of nitrogens with zero attached hydrogens (tertiary/aromatic N) is 2. The van der Waals surface area contributed by atoms with E-state index in [1.165, 1.54) is 12.3 Å². The Labute approximate surface area is 94.4 Å². The Bertz CT molecular complexity index is 312. The van der Waals surface area contributed by atoms with Crippen LogP contribution in [-0.2, 0) is 4.74 Å². The normalized spacial score (nSPS) is 17.3. The van der Waals surface area contributed by atoms with Crippen LogP contribution in [0.2, 0.25) is 0 Å². The van der Waals surface area contributed by atoms with Gasteiger partial charge in [-0.3, -0.25) is 4.90 Å². The number of anilines is 1. The van der Waals surface area contributed by atoms with Crippen molar-refractivity contribution in [3.63, 3.8) is 0 Å². The van der Waals surface area contributed by atoms with Crippen LogP contribution in [0.4, 0.5) is 10.2 Å². The van der Waals surface area contributed by atoms with E-state index in [-0.39, 0.29) is 5.82 Å². The van der Waals surface area contributed by atoms with Gasteiger partial charge in [0.25, 0.3) is 0 Å². The number of nitrogens with one attached hydrogen (secondary N) is 1. The van der Waals surface area contributed by atoms with E-state index >= 15 is 0 Å². The Hall–Kier alpha value is -1.20. The van der Waals surface area contributed by atoms with Gasteiger partial charge < -0.3 is 10.1 Å². The van der Waals surface area contributed by atoms with Crippen LogP contribution in [0.1, 0.15) is 0 Å².